The highest BCUT2D eigenvalue weighted by Gasteiger charge is 2.26. The number of aromatic nitrogens is 2. The maximum atomic E-state index is 12.8. The average Bonchev–Trinajstić information content (AvgIpc) is 2.84. The van der Waals surface area contributed by atoms with Gasteiger partial charge in [-0.25, -0.2) is 9.97 Å². The van der Waals surface area contributed by atoms with Gasteiger partial charge in [0.2, 0.25) is 5.91 Å². The number of carbonyl (C=O) groups excluding carboxylic acids is 1. The number of hydrogen-bond acceptors (Lipinski definition) is 6. The van der Waals surface area contributed by atoms with E-state index in [-0.39, 0.29) is 11.8 Å². The number of ether oxygens (including phenoxy) is 2. The predicted molar refractivity (Wildman–Crippen MR) is 123 cm³/mol. The predicted octanol–water partition coefficient (Wildman–Crippen LogP) is 4.08. The van der Waals surface area contributed by atoms with Crippen LogP contribution in [-0.4, -0.2) is 42.2 Å². The number of piperidine rings is 1. The molecule has 3 aromatic rings. The zero-order valence-corrected chi connectivity index (χ0v) is 18.1. The number of carbonyl (C=O) groups is 1. The van der Waals surface area contributed by atoms with Crippen molar-refractivity contribution in [1.82, 2.24) is 9.97 Å². The van der Waals surface area contributed by atoms with Gasteiger partial charge in [-0.3, -0.25) is 4.79 Å². The van der Waals surface area contributed by atoms with E-state index >= 15 is 0 Å². The Morgan fingerprint density at radius 2 is 1.81 bits per heavy atom. The molecule has 1 saturated heterocycles. The molecule has 0 bridgehead atoms. The molecule has 3 heterocycles. The van der Waals surface area contributed by atoms with Gasteiger partial charge in [0, 0.05) is 42.4 Å². The van der Waals surface area contributed by atoms with E-state index in [1.54, 1.807) is 6.33 Å². The summed E-state index contributed by atoms with van der Waals surface area (Å²) in [4.78, 5) is 24.0. The van der Waals surface area contributed by atoms with Crippen LogP contribution in [0.4, 0.5) is 11.5 Å². The number of fused-ring (bicyclic) bond motifs is 1. The number of nitrogens with one attached hydrogen (secondary N) is 1. The van der Waals surface area contributed by atoms with Gasteiger partial charge in [-0.1, -0.05) is 23.8 Å². The van der Waals surface area contributed by atoms with Crippen LogP contribution in [0.1, 0.15) is 18.4 Å². The number of anilines is 2. The molecular formula is C25H26N4O3. The number of amides is 1. The van der Waals surface area contributed by atoms with Crippen molar-refractivity contribution >= 4 is 17.4 Å². The number of rotatable bonds is 4. The molecule has 7 heteroatoms. The Morgan fingerprint density at radius 3 is 2.62 bits per heavy atom. The molecule has 0 unspecified atom stereocenters. The van der Waals surface area contributed by atoms with Gasteiger partial charge in [0.1, 0.15) is 25.4 Å². The summed E-state index contributed by atoms with van der Waals surface area (Å²) in [5.41, 5.74) is 3.94. The molecular weight excluding hydrogens is 404 g/mol. The Morgan fingerprint density at radius 1 is 1.00 bits per heavy atom. The van der Waals surface area contributed by atoms with Crippen molar-refractivity contribution in [3.63, 3.8) is 0 Å². The van der Waals surface area contributed by atoms with Crippen LogP contribution >= 0.6 is 0 Å². The summed E-state index contributed by atoms with van der Waals surface area (Å²) in [6, 6.07) is 15.9. The number of aryl methyl sites for hydroxylation is 1. The van der Waals surface area contributed by atoms with Crippen molar-refractivity contribution in [1.29, 1.82) is 0 Å². The van der Waals surface area contributed by atoms with E-state index in [1.165, 1.54) is 5.56 Å². The third-order valence-electron chi connectivity index (χ3n) is 5.97. The summed E-state index contributed by atoms with van der Waals surface area (Å²) >= 11 is 0. The quantitative estimate of drug-likeness (QED) is 0.672. The first kappa shape index (κ1) is 20.3. The van der Waals surface area contributed by atoms with Gasteiger partial charge >= 0.3 is 0 Å². The van der Waals surface area contributed by atoms with E-state index in [2.05, 4.69) is 45.3 Å². The van der Waals surface area contributed by atoms with E-state index in [0.29, 0.717) is 19.0 Å². The number of benzene rings is 2. The smallest absolute Gasteiger partial charge is 0.227 e. The molecule has 0 radical (unpaired) electrons. The second kappa shape index (κ2) is 8.86. The molecule has 2 aliphatic rings. The molecule has 7 nitrogen and oxygen atoms in total. The minimum Gasteiger partial charge on any atom is -0.486 e. The lowest BCUT2D eigenvalue weighted by Gasteiger charge is -2.32. The molecule has 1 fully saturated rings. The van der Waals surface area contributed by atoms with E-state index < -0.39 is 0 Å². The van der Waals surface area contributed by atoms with Crippen molar-refractivity contribution in [2.75, 3.05) is 36.5 Å². The van der Waals surface area contributed by atoms with Crippen LogP contribution in [0, 0.1) is 12.8 Å². The van der Waals surface area contributed by atoms with Gasteiger partial charge in [-0.2, -0.15) is 0 Å². The van der Waals surface area contributed by atoms with Crippen molar-refractivity contribution in [3.8, 4) is 22.8 Å². The lowest BCUT2D eigenvalue weighted by Crippen LogP contribution is -2.38. The first-order valence-corrected chi connectivity index (χ1v) is 11.0. The van der Waals surface area contributed by atoms with Gasteiger partial charge in [-0.15, -0.1) is 0 Å². The summed E-state index contributed by atoms with van der Waals surface area (Å²) in [5, 5.41) is 3.03. The summed E-state index contributed by atoms with van der Waals surface area (Å²) in [5.74, 6) is 2.32. The van der Waals surface area contributed by atoms with Crippen LogP contribution in [0.5, 0.6) is 11.5 Å². The van der Waals surface area contributed by atoms with E-state index in [9.17, 15) is 4.79 Å². The van der Waals surface area contributed by atoms with Crippen LogP contribution in [0.2, 0.25) is 0 Å². The fourth-order valence-electron chi connectivity index (χ4n) is 4.22. The monoisotopic (exact) mass is 430 g/mol. The normalized spacial score (nSPS) is 16.0. The lowest BCUT2D eigenvalue weighted by molar-refractivity contribution is -0.120. The molecule has 0 atom stereocenters. The highest BCUT2D eigenvalue weighted by atomic mass is 16.6. The Hall–Kier alpha value is -3.61. The maximum absolute atomic E-state index is 12.8. The first-order chi connectivity index (χ1) is 15.7. The molecule has 5 rings (SSSR count). The fourth-order valence-corrected chi connectivity index (χ4v) is 4.22. The fraction of sp³-hybridized carbons (Fsp3) is 0.320. The maximum Gasteiger partial charge on any atom is 0.227 e. The Kier molecular flexibility index (Phi) is 5.62. The number of nitrogens with zero attached hydrogens (tertiary/aromatic N) is 3. The zero-order valence-electron chi connectivity index (χ0n) is 18.1. The van der Waals surface area contributed by atoms with E-state index in [4.69, 9.17) is 9.47 Å². The van der Waals surface area contributed by atoms with Crippen LogP contribution in [0.25, 0.3) is 11.3 Å². The van der Waals surface area contributed by atoms with Gasteiger partial charge < -0.3 is 19.7 Å². The molecule has 32 heavy (non-hydrogen) atoms. The Bertz CT molecular complexity index is 1130. The topological polar surface area (TPSA) is 76.6 Å². The second-order valence-electron chi connectivity index (χ2n) is 8.24. The van der Waals surface area contributed by atoms with Crippen molar-refractivity contribution in [3.05, 3.63) is 60.4 Å². The summed E-state index contributed by atoms with van der Waals surface area (Å²) < 4.78 is 11.1. The molecule has 0 saturated carbocycles. The second-order valence-corrected chi connectivity index (χ2v) is 8.24. The van der Waals surface area contributed by atoms with Crippen LogP contribution in [0.3, 0.4) is 0 Å². The SMILES string of the molecule is Cc1cccc(-c2cc(N3CCC(C(=O)Nc4ccc5c(c4)OCCO5)CC3)ncn2)c1. The molecule has 164 valence electrons. The minimum absolute atomic E-state index is 0.0301. The summed E-state index contributed by atoms with van der Waals surface area (Å²) in [6.07, 6.45) is 3.17. The van der Waals surface area contributed by atoms with Gasteiger partial charge in [0.25, 0.3) is 0 Å². The molecule has 1 aromatic heterocycles. The van der Waals surface area contributed by atoms with Crippen molar-refractivity contribution in [2.45, 2.75) is 19.8 Å². The standard InChI is InChI=1S/C25H26N4O3/c1-17-3-2-4-19(13-17)21-15-24(27-16-26-21)29-9-7-18(8-10-29)25(30)28-20-5-6-22-23(14-20)32-12-11-31-22/h2-6,13-16,18H,7-12H2,1H3,(H,28,30). The molecule has 1 N–H and O–H groups in total. The average molecular weight is 431 g/mol. The lowest BCUT2D eigenvalue weighted by atomic mass is 9.95. The van der Waals surface area contributed by atoms with Gasteiger partial charge in [0.05, 0.1) is 5.69 Å². The Balaban J connectivity index is 1.21. The summed E-state index contributed by atoms with van der Waals surface area (Å²) in [7, 11) is 0. The molecule has 2 aromatic carbocycles. The largest absolute Gasteiger partial charge is 0.486 e. The van der Waals surface area contributed by atoms with Crippen molar-refractivity contribution in [2.24, 2.45) is 5.92 Å². The minimum atomic E-state index is -0.0301. The molecule has 0 spiro atoms. The molecule has 1 amide bonds. The van der Waals surface area contributed by atoms with Crippen molar-refractivity contribution < 1.29 is 14.3 Å². The summed E-state index contributed by atoms with van der Waals surface area (Å²) in [6.45, 7) is 4.72. The van der Waals surface area contributed by atoms with Gasteiger partial charge in [0.15, 0.2) is 11.5 Å². The highest BCUT2D eigenvalue weighted by molar-refractivity contribution is 5.93. The van der Waals surface area contributed by atoms with Gasteiger partial charge in [-0.05, 0) is 38.0 Å². The highest BCUT2D eigenvalue weighted by Crippen LogP contribution is 2.33. The molecule has 0 aliphatic carbocycles. The van der Waals surface area contributed by atoms with Crippen LogP contribution in [-0.2, 0) is 4.79 Å². The third kappa shape index (κ3) is 4.37. The van der Waals surface area contributed by atoms with E-state index in [0.717, 1.165) is 54.4 Å². The van der Waals surface area contributed by atoms with Crippen LogP contribution < -0.4 is 19.7 Å². The first-order valence-electron chi connectivity index (χ1n) is 11.0. The van der Waals surface area contributed by atoms with Crippen LogP contribution in [0.15, 0.2) is 54.9 Å². The van der Waals surface area contributed by atoms with E-state index in [1.807, 2.05) is 30.3 Å². The molecule has 2 aliphatic heterocycles. The third-order valence-corrected chi connectivity index (χ3v) is 5.97. The number of hydrogen-bond donors (Lipinski definition) is 1. The Labute approximate surface area is 187 Å². The zero-order chi connectivity index (χ0) is 21.9.